The van der Waals surface area contributed by atoms with Gasteiger partial charge in [-0.15, -0.1) is 0 Å². The van der Waals surface area contributed by atoms with Crippen LogP contribution >= 0.6 is 0 Å². The molecule has 2 aromatic carbocycles. The molecule has 2 nitrogen and oxygen atoms in total. The first-order valence-corrected chi connectivity index (χ1v) is 17.5. The first kappa shape index (κ1) is 33.3. The van der Waals surface area contributed by atoms with Crippen molar-refractivity contribution in [2.75, 3.05) is 6.61 Å². The maximum absolute atomic E-state index is 8.79. The highest BCUT2D eigenvalue weighted by atomic mass is 28.4. The van der Waals surface area contributed by atoms with Gasteiger partial charge in [-0.2, -0.15) is 0 Å². The van der Waals surface area contributed by atoms with E-state index in [0.29, 0.717) is 6.61 Å². The second-order valence-electron chi connectivity index (χ2n) is 12.0. The van der Waals surface area contributed by atoms with Gasteiger partial charge in [-0.1, -0.05) is 125 Å². The lowest BCUT2D eigenvalue weighted by atomic mass is 10.1. The summed E-state index contributed by atoms with van der Waals surface area (Å²) in [7, 11) is -2.45. The van der Waals surface area contributed by atoms with Gasteiger partial charge in [0.2, 0.25) is 0 Å². The second-order valence-corrected chi connectivity index (χ2v) is 16.3. The zero-order valence-corrected chi connectivity index (χ0v) is 26.4. The number of aliphatic hydroxyl groups excluding tert-OH is 1. The van der Waals surface area contributed by atoms with E-state index in [1.807, 2.05) is 0 Å². The number of hydrogen-bond acceptors (Lipinski definition) is 2. The van der Waals surface area contributed by atoms with Gasteiger partial charge < -0.3 is 9.53 Å². The van der Waals surface area contributed by atoms with Crippen LogP contribution in [0.15, 0.2) is 85.0 Å². The number of aliphatic hydroxyl groups is 1. The summed E-state index contributed by atoms with van der Waals surface area (Å²) in [6, 6.07) is 22.0. The Morgan fingerprint density at radius 3 is 1.49 bits per heavy atom. The maximum Gasteiger partial charge on any atom is 0.261 e. The fourth-order valence-electron chi connectivity index (χ4n) is 5.48. The van der Waals surface area contributed by atoms with Gasteiger partial charge in [-0.25, -0.2) is 0 Å². The molecule has 1 N–H and O–H groups in total. The first-order valence-electron chi connectivity index (χ1n) is 15.6. The largest absolute Gasteiger partial charge is 0.405 e. The van der Waals surface area contributed by atoms with Crippen molar-refractivity contribution in [3.8, 4) is 0 Å². The molecular weight excluding hydrogens is 492 g/mol. The minimum Gasteiger partial charge on any atom is -0.405 e. The Hall–Kier alpha value is -1.94. The lowest BCUT2D eigenvalue weighted by Crippen LogP contribution is -2.67. The molecule has 0 fully saturated rings. The summed E-state index contributed by atoms with van der Waals surface area (Å²) < 4.78 is 7.21. The zero-order chi connectivity index (χ0) is 28.2. The van der Waals surface area contributed by atoms with Crippen molar-refractivity contribution in [3.63, 3.8) is 0 Å². The third kappa shape index (κ3) is 12.0. The van der Waals surface area contributed by atoms with Gasteiger partial charge in [-0.3, -0.25) is 0 Å². The molecule has 3 heteroatoms. The highest BCUT2D eigenvalue weighted by Gasteiger charge is 2.50. The van der Waals surface area contributed by atoms with Crippen molar-refractivity contribution in [1.82, 2.24) is 0 Å². The summed E-state index contributed by atoms with van der Waals surface area (Å²) in [5.41, 5.74) is 0. The number of rotatable bonds is 20. The normalized spacial score (nSPS) is 13.5. The summed E-state index contributed by atoms with van der Waals surface area (Å²) in [5, 5.41) is 11.5. The van der Waals surface area contributed by atoms with Gasteiger partial charge in [0.15, 0.2) is 0 Å². The van der Waals surface area contributed by atoms with Crippen LogP contribution in [0.3, 0.4) is 0 Å². The predicted octanol–water partition coefficient (Wildman–Crippen LogP) is 9.13. The van der Waals surface area contributed by atoms with Crippen LogP contribution in [0, 0.1) is 0 Å². The third-order valence-corrected chi connectivity index (χ3v) is 12.8. The molecule has 0 radical (unpaired) electrons. The fraction of sp³-hybridized carbons (Fsp3) is 0.556. The smallest absolute Gasteiger partial charge is 0.261 e. The van der Waals surface area contributed by atoms with E-state index in [1.54, 1.807) is 0 Å². The molecule has 1 atom stereocenters. The van der Waals surface area contributed by atoms with E-state index >= 15 is 0 Å². The van der Waals surface area contributed by atoms with Crippen molar-refractivity contribution in [1.29, 1.82) is 0 Å². The van der Waals surface area contributed by atoms with Gasteiger partial charge in [0.1, 0.15) is 0 Å². The van der Waals surface area contributed by atoms with Crippen LogP contribution in [0.4, 0.5) is 0 Å². The summed E-state index contributed by atoms with van der Waals surface area (Å²) in [4.78, 5) is 0. The number of benzene rings is 2. The standard InChI is InChI=1S/C36H56O2Si/c1-33(27-21-17-15-13-11-9-7-5-6-8-10-12-14-16-18-26-32-37)38-39(36(2,3)4,34-28-22-19-23-29-34)35-30-24-20-25-31-35/h12-15,19-20,22-25,28-31,33,37H,5-11,16-18,21,26-27,32H2,1-4H3/b14-12-,15-13-. The Morgan fingerprint density at radius 1 is 0.641 bits per heavy atom. The van der Waals surface area contributed by atoms with Crippen molar-refractivity contribution < 1.29 is 9.53 Å². The second kappa shape index (κ2) is 19.2. The van der Waals surface area contributed by atoms with Crippen LogP contribution in [-0.2, 0) is 4.43 Å². The molecule has 0 saturated carbocycles. The van der Waals surface area contributed by atoms with E-state index in [2.05, 4.69) is 113 Å². The van der Waals surface area contributed by atoms with E-state index in [-0.39, 0.29) is 11.1 Å². The van der Waals surface area contributed by atoms with Crippen LogP contribution < -0.4 is 10.4 Å². The van der Waals surface area contributed by atoms with Crippen LogP contribution in [-0.4, -0.2) is 26.1 Å². The number of allylic oxidation sites excluding steroid dienone is 4. The fourth-order valence-corrected chi connectivity index (χ4v) is 10.2. The summed E-state index contributed by atoms with van der Waals surface area (Å²) in [6.07, 6.45) is 25.2. The molecule has 0 aliphatic carbocycles. The predicted molar refractivity (Wildman–Crippen MR) is 174 cm³/mol. The average Bonchev–Trinajstić information content (AvgIpc) is 2.93. The molecular formula is C36H56O2Si. The molecule has 0 heterocycles. The Kier molecular flexibility index (Phi) is 16.4. The number of hydrogen-bond donors (Lipinski definition) is 1. The van der Waals surface area contributed by atoms with Crippen LogP contribution in [0.5, 0.6) is 0 Å². The molecule has 0 saturated heterocycles. The van der Waals surface area contributed by atoms with Gasteiger partial charge >= 0.3 is 0 Å². The van der Waals surface area contributed by atoms with Gasteiger partial charge in [0.05, 0.1) is 0 Å². The minimum atomic E-state index is -2.45. The third-order valence-electron chi connectivity index (χ3n) is 7.63. The highest BCUT2D eigenvalue weighted by molar-refractivity contribution is 6.99. The first-order chi connectivity index (χ1) is 18.9. The molecule has 2 aromatic rings. The maximum atomic E-state index is 8.79. The van der Waals surface area contributed by atoms with Crippen molar-refractivity contribution in [3.05, 3.63) is 85.0 Å². The van der Waals surface area contributed by atoms with Crippen LogP contribution in [0.1, 0.15) is 111 Å². The van der Waals surface area contributed by atoms with E-state index < -0.39 is 8.32 Å². The van der Waals surface area contributed by atoms with Gasteiger partial charge in [0, 0.05) is 12.7 Å². The SMILES string of the molecule is CC(CCC/C=C\CCCCCCC/C=C\CCCCO)O[Si](c1ccccc1)(c1ccccc1)C(C)(C)C. The molecule has 39 heavy (non-hydrogen) atoms. The minimum absolute atomic E-state index is 0.0290. The van der Waals surface area contributed by atoms with E-state index in [1.165, 1.54) is 61.7 Å². The Balaban J connectivity index is 1.71. The number of unbranched alkanes of at least 4 members (excludes halogenated alkanes) is 9. The molecule has 0 aliphatic rings. The van der Waals surface area contributed by atoms with Crippen LogP contribution in [0.2, 0.25) is 5.04 Å². The van der Waals surface area contributed by atoms with Crippen LogP contribution in [0.25, 0.3) is 0 Å². The topological polar surface area (TPSA) is 29.5 Å². The zero-order valence-electron chi connectivity index (χ0n) is 25.4. The summed E-state index contributed by atoms with van der Waals surface area (Å²) in [6.45, 7) is 9.66. The quantitative estimate of drug-likeness (QED) is 0.102. The van der Waals surface area contributed by atoms with Gasteiger partial charge in [-0.05, 0) is 86.5 Å². The summed E-state index contributed by atoms with van der Waals surface area (Å²) in [5.74, 6) is 0. The molecule has 0 bridgehead atoms. The monoisotopic (exact) mass is 548 g/mol. The van der Waals surface area contributed by atoms with E-state index in [4.69, 9.17) is 9.53 Å². The molecule has 0 aromatic heterocycles. The highest BCUT2D eigenvalue weighted by Crippen LogP contribution is 2.37. The molecule has 2 rings (SSSR count). The lowest BCUT2D eigenvalue weighted by Gasteiger charge is -2.44. The summed E-state index contributed by atoms with van der Waals surface area (Å²) >= 11 is 0. The van der Waals surface area contributed by atoms with Crippen molar-refractivity contribution >= 4 is 18.7 Å². The molecule has 0 aliphatic heterocycles. The molecule has 1 unspecified atom stereocenters. The lowest BCUT2D eigenvalue weighted by molar-refractivity contribution is 0.194. The average molecular weight is 549 g/mol. The van der Waals surface area contributed by atoms with Crippen molar-refractivity contribution in [2.24, 2.45) is 0 Å². The Morgan fingerprint density at radius 2 is 1.05 bits per heavy atom. The van der Waals surface area contributed by atoms with E-state index in [9.17, 15) is 0 Å². The van der Waals surface area contributed by atoms with Crippen molar-refractivity contribution in [2.45, 2.75) is 122 Å². The van der Waals surface area contributed by atoms with Gasteiger partial charge in [0.25, 0.3) is 8.32 Å². The molecule has 0 amide bonds. The molecule has 216 valence electrons. The molecule has 0 spiro atoms. The van der Waals surface area contributed by atoms with E-state index in [0.717, 1.165) is 32.1 Å². The Bertz CT molecular complexity index is 875. The Labute approximate surface area is 241 Å².